The van der Waals surface area contributed by atoms with Gasteiger partial charge in [-0.25, -0.2) is 0 Å². The van der Waals surface area contributed by atoms with E-state index in [1.165, 1.54) is 0 Å². The van der Waals surface area contributed by atoms with Crippen LogP contribution >= 0.6 is 11.8 Å². The van der Waals surface area contributed by atoms with E-state index in [4.69, 9.17) is 0 Å². The molecule has 6 heteroatoms. The van der Waals surface area contributed by atoms with Gasteiger partial charge >= 0.3 is 0 Å². The number of hydrogen-bond acceptors (Lipinski definition) is 4. The molecular formula is C28H34N2O3S. The summed E-state index contributed by atoms with van der Waals surface area (Å²) in [5.41, 5.74) is -1.14. The van der Waals surface area contributed by atoms with Crippen LogP contribution in [0.25, 0.3) is 0 Å². The Morgan fingerprint density at radius 3 is 2.56 bits per heavy atom. The van der Waals surface area contributed by atoms with Gasteiger partial charge in [-0.1, -0.05) is 56.4 Å². The predicted octanol–water partition coefficient (Wildman–Crippen LogP) is 4.45. The maximum Gasteiger partial charge on any atom is 0.250 e. The van der Waals surface area contributed by atoms with Crippen molar-refractivity contribution in [1.29, 1.82) is 0 Å². The van der Waals surface area contributed by atoms with E-state index in [2.05, 4.69) is 19.2 Å². The summed E-state index contributed by atoms with van der Waals surface area (Å²) < 4.78 is 0. The van der Waals surface area contributed by atoms with E-state index >= 15 is 0 Å². The van der Waals surface area contributed by atoms with Crippen LogP contribution in [0.2, 0.25) is 0 Å². The summed E-state index contributed by atoms with van der Waals surface area (Å²) in [5.74, 6) is -0.123. The van der Waals surface area contributed by atoms with Crippen molar-refractivity contribution >= 4 is 23.6 Å². The van der Waals surface area contributed by atoms with Crippen LogP contribution < -0.4 is 5.32 Å². The van der Waals surface area contributed by atoms with Crippen molar-refractivity contribution in [3.63, 3.8) is 0 Å². The largest absolute Gasteiger partial charge is 0.391 e. The zero-order valence-electron chi connectivity index (χ0n) is 20.2. The molecule has 180 valence electrons. The highest BCUT2D eigenvalue weighted by Crippen LogP contribution is 2.53. The van der Waals surface area contributed by atoms with Crippen LogP contribution in [0.15, 0.2) is 71.3 Å². The molecule has 1 aromatic carbocycles. The first-order valence-corrected chi connectivity index (χ1v) is 13.2. The molecule has 4 atom stereocenters. The molecule has 1 spiro atoms. The van der Waals surface area contributed by atoms with Crippen LogP contribution in [0.3, 0.4) is 0 Å². The molecule has 2 heterocycles. The van der Waals surface area contributed by atoms with Crippen molar-refractivity contribution in [3.05, 3.63) is 66.4 Å². The number of hydrogen-bond donors (Lipinski definition) is 2. The smallest absolute Gasteiger partial charge is 0.250 e. The van der Waals surface area contributed by atoms with Crippen molar-refractivity contribution in [1.82, 2.24) is 10.2 Å². The van der Waals surface area contributed by atoms with Gasteiger partial charge in [0.05, 0.1) is 16.8 Å². The number of aliphatic hydroxyl groups excluding tert-OH is 1. The number of nitrogens with one attached hydrogen (secondary N) is 1. The zero-order valence-corrected chi connectivity index (χ0v) is 21.0. The third-order valence-electron chi connectivity index (χ3n) is 8.32. The number of aliphatic hydroxyl groups is 1. The number of carbonyl (C=O) groups excluding carboxylic acids is 2. The Bertz CT molecular complexity index is 1060. The van der Waals surface area contributed by atoms with E-state index in [0.717, 1.165) is 23.4 Å². The number of thioether (sulfide) groups is 1. The van der Waals surface area contributed by atoms with E-state index in [9.17, 15) is 14.7 Å². The fourth-order valence-corrected chi connectivity index (χ4v) is 7.49. The lowest BCUT2D eigenvalue weighted by molar-refractivity contribution is -0.153. The average molecular weight is 479 g/mol. The zero-order chi connectivity index (χ0) is 24.1. The van der Waals surface area contributed by atoms with Gasteiger partial charge in [-0.2, -0.15) is 0 Å². The SMILES string of the molecule is CC1(C(=O)N2CCC[C@]23C[C@H]2C(=C[C@H](Sc4ccccc4)[C@@H](O)C2(C)C)NC3=O)C=CCC=C1. The Balaban J connectivity index is 1.46. The first-order valence-electron chi connectivity index (χ1n) is 12.3. The molecule has 0 saturated carbocycles. The fourth-order valence-electron chi connectivity index (χ4n) is 6.16. The molecule has 0 aromatic heterocycles. The average Bonchev–Trinajstić information content (AvgIpc) is 3.24. The van der Waals surface area contributed by atoms with Crippen molar-refractivity contribution in [2.24, 2.45) is 16.7 Å². The van der Waals surface area contributed by atoms with Gasteiger partial charge < -0.3 is 15.3 Å². The van der Waals surface area contributed by atoms with Crippen LogP contribution in [-0.2, 0) is 9.59 Å². The van der Waals surface area contributed by atoms with E-state index in [0.29, 0.717) is 19.4 Å². The number of nitrogens with zero attached hydrogens (tertiary/aromatic N) is 1. The fraction of sp³-hybridized carbons (Fsp3) is 0.500. The lowest BCUT2D eigenvalue weighted by atomic mass is 9.62. The molecule has 2 amide bonds. The Morgan fingerprint density at radius 2 is 1.85 bits per heavy atom. The minimum atomic E-state index is -0.863. The number of amides is 2. The Morgan fingerprint density at radius 1 is 1.15 bits per heavy atom. The van der Waals surface area contributed by atoms with Gasteiger partial charge in [-0.05, 0) is 50.8 Å². The standard InChI is InChI=1S/C28H34N2O3S/c1-26(2)20-18-28(15-10-16-30(28)25(33)27(3)13-8-5-9-14-27)24(32)29-21(20)17-22(23(26)31)34-19-11-6-4-7-12-19/h4,6-9,11-14,17,20,22-23,31H,5,10,15-16,18H2,1-3H3,(H,29,32)/t20-,22-,23+,28+/m0/s1. The summed E-state index contributed by atoms with van der Waals surface area (Å²) in [6, 6.07) is 10.1. The molecule has 5 nitrogen and oxygen atoms in total. The molecule has 0 radical (unpaired) electrons. The number of carbonyl (C=O) groups is 2. The third kappa shape index (κ3) is 3.66. The second kappa shape index (κ2) is 8.42. The van der Waals surface area contributed by atoms with Gasteiger partial charge in [-0.15, -0.1) is 11.8 Å². The number of likely N-dealkylation sites (tertiary alicyclic amines) is 1. The van der Waals surface area contributed by atoms with Gasteiger partial charge in [-0.3, -0.25) is 9.59 Å². The lowest BCUT2D eigenvalue weighted by Gasteiger charge is -2.53. The molecule has 2 N–H and O–H groups in total. The number of allylic oxidation sites excluding steroid dienone is 3. The predicted molar refractivity (Wildman–Crippen MR) is 135 cm³/mol. The molecule has 5 rings (SSSR count). The summed E-state index contributed by atoms with van der Waals surface area (Å²) in [7, 11) is 0. The molecule has 2 fully saturated rings. The number of rotatable bonds is 3. The van der Waals surface area contributed by atoms with Crippen LogP contribution in [0.4, 0.5) is 0 Å². The first kappa shape index (κ1) is 23.4. The topological polar surface area (TPSA) is 69.6 Å². The Hall–Kier alpha value is -2.31. The maximum absolute atomic E-state index is 13.8. The molecule has 0 bridgehead atoms. The summed E-state index contributed by atoms with van der Waals surface area (Å²) >= 11 is 1.62. The molecule has 2 aliphatic heterocycles. The third-order valence-corrected chi connectivity index (χ3v) is 9.53. The van der Waals surface area contributed by atoms with Crippen LogP contribution in [-0.4, -0.2) is 45.3 Å². The molecule has 34 heavy (non-hydrogen) atoms. The Labute approximate surface area is 206 Å². The first-order chi connectivity index (χ1) is 16.2. The molecular weight excluding hydrogens is 444 g/mol. The minimum Gasteiger partial charge on any atom is -0.391 e. The van der Waals surface area contributed by atoms with Gasteiger partial charge in [0.1, 0.15) is 5.54 Å². The molecule has 2 saturated heterocycles. The maximum atomic E-state index is 13.8. The van der Waals surface area contributed by atoms with Gasteiger partial charge in [0.15, 0.2) is 0 Å². The van der Waals surface area contributed by atoms with Crippen LogP contribution in [0, 0.1) is 16.7 Å². The highest BCUT2D eigenvalue weighted by Gasteiger charge is 2.59. The van der Waals surface area contributed by atoms with Crippen LogP contribution in [0.5, 0.6) is 0 Å². The van der Waals surface area contributed by atoms with Gasteiger partial charge in [0, 0.05) is 28.5 Å². The summed E-state index contributed by atoms with van der Waals surface area (Å²) in [5, 5.41) is 14.5. The molecule has 1 aromatic rings. The van der Waals surface area contributed by atoms with Crippen molar-refractivity contribution in [3.8, 4) is 0 Å². The van der Waals surface area contributed by atoms with Gasteiger partial charge in [0.25, 0.3) is 0 Å². The van der Waals surface area contributed by atoms with Crippen LogP contribution in [0.1, 0.15) is 46.5 Å². The minimum absolute atomic E-state index is 0.00791. The monoisotopic (exact) mass is 478 g/mol. The van der Waals surface area contributed by atoms with Gasteiger partial charge in [0.2, 0.25) is 11.8 Å². The van der Waals surface area contributed by atoms with Crippen molar-refractivity contribution in [2.75, 3.05) is 6.54 Å². The van der Waals surface area contributed by atoms with E-state index in [-0.39, 0.29) is 23.0 Å². The van der Waals surface area contributed by atoms with E-state index < -0.39 is 22.5 Å². The molecule has 2 aliphatic carbocycles. The second-order valence-corrected chi connectivity index (χ2v) is 12.2. The second-order valence-electron chi connectivity index (χ2n) is 10.9. The lowest BCUT2D eigenvalue weighted by Crippen LogP contribution is -2.66. The van der Waals surface area contributed by atoms with E-state index in [1.807, 2.05) is 72.5 Å². The summed E-state index contributed by atoms with van der Waals surface area (Å²) in [6.45, 7) is 6.70. The van der Waals surface area contributed by atoms with Crippen molar-refractivity contribution < 1.29 is 14.7 Å². The molecule has 0 unspecified atom stereocenters. The van der Waals surface area contributed by atoms with Crippen molar-refractivity contribution in [2.45, 2.75) is 68.2 Å². The highest BCUT2D eigenvalue weighted by molar-refractivity contribution is 8.00. The number of fused-ring (bicyclic) bond motifs is 1. The highest BCUT2D eigenvalue weighted by atomic mass is 32.2. The van der Waals surface area contributed by atoms with E-state index in [1.54, 1.807) is 11.8 Å². The molecule has 4 aliphatic rings. The Kier molecular flexibility index (Phi) is 5.80. The normalized spacial score (nSPS) is 33.4. The summed E-state index contributed by atoms with van der Waals surface area (Å²) in [6.07, 6.45) is 12.3. The summed E-state index contributed by atoms with van der Waals surface area (Å²) in [4.78, 5) is 30.4. The quantitative estimate of drug-likeness (QED) is 0.630. The number of benzene rings is 1. The number of piperidine rings is 1.